The van der Waals surface area contributed by atoms with Gasteiger partial charge < -0.3 is 10.5 Å². The zero-order valence-electron chi connectivity index (χ0n) is 11.0. The van der Waals surface area contributed by atoms with Crippen molar-refractivity contribution < 1.29 is 9.53 Å². The van der Waals surface area contributed by atoms with Crippen LogP contribution in [0.1, 0.15) is 6.92 Å². The van der Waals surface area contributed by atoms with Gasteiger partial charge in [-0.3, -0.25) is 4.79 Å². The van der Waals surface area contributed by atoms with E-state index in [1.165, 1.54) is 0 Å². The quantitative estimate of drug-likeness (QED) is 0.676. The summed E-state index contributed by atoms with van der Waals surface area (Å²) in [5.74, 6) is 0.325. The molecule has 7 nitrogen and oxygen atoms in total. The van der Waals surface area contributed by atoms with Crippen molar-refractivity contribution in [2.24, 2.45) is 21.1 Å². The summed E-state index contributed by atoms with van der Waals surface area (Å²) in [6, 6.07) is 6.21. The van der Waals surface area contributed by atoms with Gasteiger partial charge in [-0.05, 0) is 43.4 Å². The number of carbonyl (C=O) groups excluding carboxylic acids is 1. The molecule has 1 heterocycles. The molecule has 1 aliphatic rings. The number of nitrogens with two attached hydrogens (primary N) is 1. The number of hydrazone groups is 1. The Hall–Kier alpha value is -2.35. The molecule has 0 bridgehead atoms. The molecule has 20 heavy (non-hydrogen) atoms. The molecule has 1 atom stereocenters. The Bertz CT molecular complexity index is 596. The third-order valence-corrected chi connectivity index (χ3v) is 2.84. The number of carbonyl (C=O) groups is 1. The predicted octanol–water partition coefficient (Wildman–Crippen LogP) is 1.61. The smallest absolute Gasteiger partial charge is 0.282 e. The highest BCUT2D eigenvalue weighted by molar-refractivity contribution is 7.80. The van der Waals surface area contributed by atoms with E-state index >= 15 is 0 Å². The van der Waals surface area contributed by atoms with Crippen LogP contribution in [0.5, 0.6) is 5.75 Å². The van der Waals surface area contributed by atoms with Crippen LogP contribution in [-0.4, -0.2) is 34.9 Å². The summed E-state index contributed by atoms with van der Waals surface area (Å²) in [5, 5.41) is 12.8. The summed E-state index contributed by atoms with van der Waals surface area (Å²) in [7, 11) is 1.58. The normalized spacial score (nSPS) is 18.5. The molecule has 1 amide bonds. The van der Waals surface area contributed by atoms with Crippen LogP contribution < -0.4 is 10.5 Å². The van der Waals surface area contributed by atoms with Gasteiger partial charge in [0.2, 0.25) is 0 Å². The standard InChI is InChI=1S/C12H13N5O2S/c1-7-10(11(18)17(16-7)12(13)20)15-14-8-3-5-9(19-2)6-4-8/h3-6,10H,1-2H3,(H2,13,20)/t10-/m0/s1. The lowest BCUT2D eigenvalue weighted by molar-refractivity contribution is -0.126. The molecule has 0 saturated carbocycles. The lowest BCUT2D eigenvalue weighted by atomic mass is 10.2. The lowest BCUT2D eigenvalue weighted by Gasteiger charge is -2.08. The van der Waals surface area contributed by atoms with Crippen LogP contribution in [0.3, 0.4) is 0 Å². The Balaban J connectivity index is 2.13. The Labute approximate surface area is 121 Å². The van der Waals surface area contributed by atoms with Crippen LogP contribution >= 0.6 is 12.2 Å². The maximum atomic E-state index is 11.9. The number of rotatable bonds is 3. The molecular formula is C12H13N5O2S. The first-order chi connectivity index (χ1) is 9.52. The summed E-state index contributed by atoms with van der Waals surface area (Å²) in [6.45, 7) is 1.67. The van der Waals surface area contributed by atoms with Crippen molar-refractivity contribution in [2.75, 3.05) is 7.11 Å². The van der Waals surface area contributed by atoms with E-state index in [1.807, 2.05) is 0 Å². The topological polar surface area (TPSA) is 92.6 Å². The number of amides is 1. The van der Waals surface area contributed by atoms with Crippen LogP contribution in [0.25, 0.3) is 0 Å². The van der Waals surface area contributed by atoms with E-state index in [2.05, 4.69) is 15.3 Å². The van der Waals surface area contributed by atoms with Crippen molar-refractivity contribution in [1.29, 1.82) is 0 Å². The first kappa shape index (κ1) is 14.1. The van der Waals surface area contributed by atoms with Gasteiger partial charge in [0.15, 0.2) is 11.2 Å². The van der Waals surface area contributed by atoms with Crippen molar-refractivity contribution in [3.63, 3.8) is 0 Å². The molecule has 0 saturated heterocycles. The monoisotopic (exact) mass is 291 g/mol. The summed E-state index contributed by atoms with van der Waals surface area (Å²) < 4.78 is 5.04. The first-order valence-electron chi connectivity index (χ1n) is 5.76. The third-order valence-electron chi connectivity index (χ3n) is 2.67. The van der Waals surface area contributed by atoms with Gasteiger partial charge >= 0.3 is 0 Å². The van der Waals surface area contributed by atoms with Gasteiger partial charge in [0.1, 0.15) is 5.75 Å². The van der Waals surface area contributed by atoms with Crippen LogP contribution in [0.4, 0.5) is 5.69 Å². The average Bonchev–Trinajstić information content (AvgIpc) is 2.72. The van der Waals surface area contributed by atoms with Crippen LogP contribution in [0, 0.1) is 0 Å². The number of nitrogens with zero attached hydrogens (tertiary/aromatic N) is 4. The SMILES string of the molecule is COc1ccc(N=N[C@@H]2C(=O)N(C(N)=S)N=C2C)cc1. The molecule has 0 radical (unpaired) electrons. The molecule has 104 valence electrons. The maximum Gasteiger partial charge on any atom is 0.282 e. The van der Waals surface area contributed by atoms with Crippen LogP contribution in [0.15, 0.2) is 39.6 Å². The van der Waals surface area contributed by atoms with Gasteiger partial charge in [-0.15, -0.1) is 0 Å². The Kier molecular flexibility index (Phi) is 4.04. The van der Waals surface area contributed by atoms with Crippen LogP contribution in [-0.2, 0) is 4.79 Å². The summed E-state index contributed by atoms with van der Waals surface area (Å²) in [5.41, 5.74) is 6.51. The molecular weight excluding hydrogens is 278 g/mol. The van der Waals surface area contributed by atoms with Gasteiger partial charge in [-0.25, -0.2) is 0 Å². The zero-order valence-corrected chi connectivity index (χ0v) is 11.8. The molecule has 0 spiro atoms. The number of methoxy groups -OCH3 is 1. The van der Waals surface area contributed by atoms with E-state index in [9.17, 15) is 4.79 Å². The Morgan fingerprint density at radius 1 is 1.45 bits per heavy atom. The largest absolute Gasteiger partial charge is 0.497 e. The Morgan fingerprint density at radius 2 is 2.10 bits per heavy atom. The van der Waals surface area contributed by atoms with Gasteiger partial charge in [0, 0.05) is 0 Å². The highest BCUT2D eigenvalue weighted by Gasteiger charge is 2.35. The van der Waals surface area contributed by atoms with E-state index < -0.39 is 11.9 Å². The number of hydrogen-bond donors (Lipinski definition) is 1. The second kappa shape index (κ2) is 5.74. The van der Waals surface area contributed by atoms with Gasteiger partial charge in [0.25, 0.3) is 5.91 Å². The Morgan fingerprint density at radius 3 is 2.60 bits per heavy atom. The van der Waals surface area contributed by atoms with E-state index in [0.29, 0.717) is 11.4 Å². The average molecular weight is 291 g/mol. The van der Waals surface area contributed by atoms with Crippen molar-refractivity contribution >= 4 is 34.6 Å². The second-order valence-corrected chi connectivity index (χ2v) is 4.46. The minimum absolute atomic E-state index is 0.100. The summed E-state index contributed by atoms with van der Waals surface area (Å²) in [6.07, 6.45) is 0. The van der Waals surface area contributed by atoms with E-state index in [4.69, 9.17) is 22.7 Å². The van der Waals surface area contributed by atoms with Crippen molar-refractivity contribution in [2.45, 2.75) is 13.0 Å². The molecule has 1 aliphatic heterocycles. The number of benzene rings is 1. The van der Waals surface area contributed by atoms with E-state index in [0.717, 1.165) is 10.8 Å². The molecule has 0 fully saturated rings. The first-order valence-corrected chi connectivity index (χ1v) is 6.17. The number of thiocarbonyl (C=S) groups is 1. The number of hydrogen-bond acceptors (Lipinski definition) is 6. The van der Waals surface area contributed by atoms with Gasteiger partial charge in [-0.1, -0.05) is 0 Å². The fraction of sp³-hybridized carbons (Fsp3) is 0.250. The second-order valence-electron chi connectivity index (χ2n) is 4.05. The van der Waals surface area contributed by atoms with Crippen molar-refractivity contribution in [3.8, 4) is 5.75 Å². The van der Waals surface area contributed by atoms with Crippen molar-refractivity contribution in [3.05, 3.63) is 24.3 Å². The molecule has 1 aromatic carbocycles. The third kappa shape index (κ3) is 2.80. The lowest BCUT2D eigenvalue weighted by Crippen LogP contribution is -2.37. The van der Waals surface area contributed by atoms with E-state index in [-0.39, 0.29) is 5.11 Å². The van der Waals surface area contributed by atoms with Gasteiger partial charge in [0.05, 0.1) is 18.5 Å². The number of azo groups is 1. The maximum absolute atomic E-state index is 11.9. The molecule has 2 N–H and O–H groups in total. The molecule has 0 aliphatic carbocycles. The summed E-state index contributed by atoms with van der Waals surface area (Å²) >= 11 is 4.73. The van der Waals surface area contributed by atoms with Gasteiger partial charge in [-0.2, -0.15) is 20.3 Å². The van der Waals surface area contributed by atoms with E-state index in [1.54, 1.807) is 38.3 Å². The molecule has 0 unspecified atom stereocenters. The molecule has 1 aromatic rings. The zero-order chi connectivity index (χ0) is 14.7. The highest BCUT2D eigenvalue weighted by atomic mass is 32.1. The molecule has 2 rings (SSSR count). The minimum Gasteiger partial charge on any atom is -0.497 e. The number of ether oxygens (including phenoxy) is 1. The summed E-state index contributed by atoms with van der Waals surface area (Å²) in [4.78, 5) is 11.9. The molecule has 0 aromatic heterocycles. The predicted molar refractivity (Wildman–Crippen MR) is 78.0 cm³/mol. The highest BCUT2D eigenvalue weighted by Crippen LogP contribution is 2.20. The minimum atomic E-state index is -0.779. The fourth-order valence-electron chi connectivity index (χ4n) is 1.62. The van der Waals surface area contributed by atoms with Crippen molar-refractivity contribution in [1.82, 2.24) is 5.01 Å². The fourth-order valence-corrected chi connectivity index (χ4v) is 1.75. The molecule has 8 heteroatoms. The van der Waals surface area contributed by atoms with Crippen LogP contribution in [0.2, 0.25) is 0 Å².